The van der Waals surface area contributed by atoms with E-state index >= 15 is 0 Å². The van der Waals surface area contributed by atoms with Gasteiger partial charge in [-0.15, -0.1) is 11.8 Å². The first-order valence-electron chi connectivity index (χ1n) is 4.83. The summed E-state index contributed by atoms with van der Waals surface area (Å²) in [5.74, 6) is -1.17. The predicted molar refractivity (Wildman–Crippen MR) is 67.1 cm³/mol. The minimum absolute atomic E-state index is 0.108. The van der Waals surface area contributed by atoms with Crippen molar-refractivity contribution >= 4 is 29.3 Å². The Labute approximate surface area is 107 Å². The standard InChI is InChI=1S/C10H11N3O4S/c1-18-10(8(11)14)12-9(15)6-2-4-7(5-3-6)13(16)17/h2-5,10H,1H3,(H2,11,14)(H,12,15). The van der Waals surface area contributed by atoms with Crippen LogP contribution in [0.1, 0.15) is 10.4 Å². The minimum atomic E-state index is -0.826. The molecule has 0 aliphatic rings. The number of rotatable bonds is 5. The Balaban J connectivity index is 2.78. The molecule has 0 fully saturated rings. The van der Waals surface area contributed by atoms with Gasteiger partial charge in [-0.05, 0) is 18.4 Å². The average Bonchev–Trinajstić information content (AvgIpc) is 2.35. The highest BCUT2D eigenvalue weighted by atomic mass is 32.2. The summed E-state index contributed by atoms with van der Waals surface area (Å²) in [6.45, 7) is 0. The molecular weight excluding hydrogens is 258 g/mol. The van der Waals surface area contributed by atoms with Crippen molar-refractivity contribution in [3.05, 3.63) is 39.9 Å². The molecule has 0 spiro atoms. The lowest BCUT2D eigenvalue weighted by Gasteiger charge is -2.12. The fourth-order valence-electron chi connectivity index (χ4n) is 1.18. The zero-order chi connectivity index (χ0) is 13.7. The van der Waals surface area contributed by atoms with Crippen molar-refractivity contribution in [2.24, 2.45) is 5.73 Å². The molecule has 96 valence electrons. The number of nitrogens with zero attached hydrogens (tertiary/aromatic N) is 1. The Morgan fingerprint density at radius 1 is 1.39 bits per heavy atom. The van der Waals surface area contributed by atoms with Gasteiger partial charge in [-0.1, -0.05) is 0 Å². The molecule has 0 saturated carbocycles. The molecule has 1 atom stereocenters. The van der Waals surface area contributed by atoms with Crippen LogP contribution >= 0.6 is 11.8 Å². The van der Waals surface area contributed by atoms with Gasteiger partial charge in [-0.25, -0.2) is 0 Å². The third kappa shape index (κ3) is 3.45. The summed E-state index contributed by atoms with van der Waals surface area (Å²) in [7, 11) is 0. The number of nitrogens with one attached hydrogen (secondary N) is 1. The maximum Gasteiger partial charge on any atom is 0.269 e. The van der Waals surface area contributed by atoms with Crippen LogP contribution in [0.25, 0.3) is 0 Å². The number of nitrogens with two attached hydrogens (primary N) is 1. The van der Waals surface area contributed by atoms with E-state index < -0.39 is 22.1 Å². The van der Waals surface area contributed by atoms with E-state index in [1.165, 1.54) is 24.3 Å². The Morgan fingerprint density at radius 2 is 1.94 bits per heavy atom. The minimum Gasteiger partial charge on any atom is -0.367 e. The fourth-order valence-corrected chi connectivity index (χ4v) is 1.64. The van der Waals surface area contributed by atoms with E-state index in [0.29, 0.717) is 0 Å². The highest BCUT2D eigenvalue weighted by molar-refractivity contribution is 7.99. The van der Waals surface area contributed by atoms with Gasteiger partial charge in [0, 0.05) is 17.7 Å². The monoisotopic (exact) mass is 269 g/mol. The van der Waals surface area contributed by atoms with Crippen LogP contribution in [0.3, 0.4) is 0 Å². The third-order valence-corrected chi connectivity index (χ3v) is 2.92. The molecule has 0 aliphatic carbocycles. The highest BCUT2D eigenvalue weighted by Crippen LogP contribution is 2.12. The fraction of sp³-hybridized carbons (Fsp3) is 0.200. The zero-order valence-electron chi connectivity index (χ0n) is 9.45. The highest BCUT2D eigenvalue weighted by Gasteiger charge is 2.17. The van der Waals surface area contributed by atoms with Crippen LogP contribution in [-0.2, 0) is 4.79 Å². The molecule has 1 rings (SSSR count). The lowest BCUT2D eigenvalue weighted by atomic mass is 10.2. The summed E-state index contributed by atoms with van der Waals surface area (Å²) in [6, 6.07) is 5.05. The topological polar surface area (TPSA) is 115 Å². The summed E-state index contributed by atoms with van der Waals surface area (Å²) in [4.78, 5) is 32.5. The predicted octanol–water partition coefficient (Wildman–Crippen LogP) is 0.499. The van der Waals surface area contributed by atoms with E-state index in [9.17, 15) is 19.7 Å². The number of primary amides is 1. The van der Waals surface area contributed by atoms with E-state index in [1.807, 2.05) is 0 Å². The molecule has 0 radical (unpaired) electrons. The lowest BCUT2D eigenvalue weighted by Crippen LogP contribution is -2.41. The van der Waals surface area contributed by atoms with Crippen molar-refractivity contribution in [1.82, 2.24) is 5.32 Å². The first-order chi connectivity index (χ1) is 8.45. The molecule has 8 heteroatoms. The second kappa shape index (κ2) is 6.01. The number of hydrogen-bond donors (Lipinski definition) is 2. The number of non-ortho nitro benzene ring substituents is 1. The quantitative estimate of drug-likeness (QED) is 0.458. The number of thioether (sulfide) groups is 1. The summed E-state index contributed by atoms with van der Waals surface area (Å²) < 4.78 is 0. The number of hydrogen-bond acceptors (Lipinski definition) is 5. The van der Waals surface area contributed by atoms with Crippen LogP contribution < -0.4 is 11.1 Å². The van der Waals surface area contributed by atoms with Gasteiger partial charge < -0.3 is 11.1 Å². The summed E-state index contributed by atoms with van der Waals surface area (Å²) in [5.41, 5.74) is 5.19. The molecular formula is C10H11N3O4S. The van der Waals surface area contributed by atoms with Gasteiger partial charge in [0.25, 0.3) is 17.5 Å². The molecule has 0 bridgehead atoms. The van der Waals surface area contributed by atoms with Gasteiger partial charge >= 0.3 is 0 Å². The van der Waals surface area contributed by atoms with Crippen molar-refractivity contribution in [2.75, 3.05) is 6.26 Å². The molecule has 1 unspecified atom stereocenters. The molecule has 0 aromatic heterocycles. The van der Waals surface area contributed by atoms with E-state index in [2.05, 4.69) is 5.32 Å². The van der Waals surface area contributed by atoms with E-state index in [0.717, 1.165) is 11.8 Å². The number of carbonyl (C=O) groups is 2. The average molecular weight is 269 g/mol. The van der Waals surface area contributed by atoms with E-state index in [-0.39, 0.29) is 11.3 Å². The van der Waals surface area contributed by atoms with Crippen molar-refractivity contribution in [1.29, 1.82) is 0 Å². The number of nitro groups is 1. The van der Waals surface area contributed by atoms with Gasteiger partial charge in [0.1, 0.15) is 0 Å². The van der Waals surface area contributed by atoms with Gasteiger partial charge in [-0.2, -0.15) is 0 Å². The normalized spacial score (nSPS) is 11.6. The smallest absolute Gasteiger partial charge is 0.269 e. The van der Waals surface area contributed by atoms with Crippen LogP contribution in [0.4, 0.5) is 5.69 Å². The summed E-state index contributed by atoms with van der Waals surface area (Å²) in [5, 5.41) is 12.0. The zero-order valence-corrected chi connectivity index (χ0v) is 10.3. The first-order valence-corrected chi connectivity index (χ1v) is 6.12. The van der Waals surface area contributed by atoms with E-state index in [1.54, 1.807) is 6.26 Å². The molecule has 0 aliphatic heterocycles. The van der Waals surface area contributed by atoms with Crippen LogP contribution in [0.5, 0.6) is 0 Å². The molecule has 3 N–H and O–H groups in total. The molecule has 18 heavy (non-hydrogen) atoms. The van der Waals surface area contributed by atoms with Gasteiger partial charge in [0.15, 0.2) is 5.37 Å². The molecule has 2 amide bonds. The van der Waals surface area contributed by atoms with Gasteiger partial charge in [0.05, 0.1) is 4.92 Å². The Kier molecular flexibility index (Phi) is 4.67. The van der Waals surface area contributed by atoms with Crippen molar-refractivity contribution in [3.8, 4) is 0 Å². The summed E-state index contributed by atoms with van der Waals surface area (Å²) >= 11 is 1.09. The third-order valence-electron chi connectivity index (χ3n) is 2.10. The molecule has 0 heterocycles. The van der Waals surface area contributed by atoms with Crippen LogP contribution in [0.2, 0.25) is 0 Å². The Bertz CT molecular complexity index is 475. The maximum atomic E-state index is 11.7. The van der Waals surface area contributed by atoms with E-state index in [4.69, 9.17) is 5.73 Å². The summed E-state index contributed by atoms with van der Waals surface area (Å²) in [6.07, 6.45) is 1.63. The van der Waals surface area contributed by atoms with Crippen molar-refractivity contribution < 1.29 is 14.5 Å². The van der Waals surface area contributed by atoms with Crippen molar-refractivity contribution in [3.63, 3.8) is 0 Å². The molecule has 0 saturated heterocycles. The number of benzene rings is 1. The van der Waals surface area contributed by atoms with Gasteiger partial charge in [0.2, 0.25) is 0 Å². The molecule has 1 aromatic rings. The number of carbonyl (C=O) groups excluding carboxylic acids is 2. The maximum absolute atomic E-state index is 11.7. The molecule has 1 aromatic carbocycles. The van der Waals surface area contributed by atoms with Crippen molar-refractivity contribution in [2.45, 2.75) is 5.37 Å². The SMILES string of the molecule is CSC(NC(=O)c1ccc([N+](=O)[O-])cc1)C(N)=O. The second-order valence-electron chi connectivity index (χ2n) is 3.30. The second-order valence-corrected chi connectivity index (χ2v) is 4.24. The Morgan fingerprint density at radius 3 is 2.33 bits per heavy atom. The largest absolute Gasteiger partial charge is 0.367 e. The van der Waals surface area contributed by atoms with Crippen LogP contribution in [-0.4, -0.2) is 28.4 Å². The number of amides is 2. The number of nitro benzene ring substituents is 1. The van der Waals surface area contributed by atoms with Crippen LogP contribution in [0.15, 0.2) is 24.3 Å². The lowest BCUT2D eigenvalue weighted by molar-refractivity contribution is -0.384. The molecule has 7 nitrogen and oxygen atoms in total. The van der Waals surface area contributed by atoms with Crippen LogP contribution in [0, 0.1) is 10.1 Å². The Hall–Kier alpha value is -2.09. The first kappa shape index (κ1) is 14.0. The van der Waals surface area contributed by atoms with Gasteiger partial charge in [-0.3, -0.25) is 19.7 Å².